The van der Waals surface area contributed by atoms with Gasteiger partial charge in [-0.1, -0.05) is 94.3 Å². The van der Waals surface area contributed by atoms with E-state index in [4.69, 9.17) is 9.47 Å². The van der Waals surface area contributed by atoms with Crippen LogP contribution in [0, 0.1) is 5.92 Å². The Morgan fingerprint density at radius 2 is 1.20 bits per heavy atom. The van der Waals surface area contributed by atoms with Crippen LogP contribution in [0.4, 0.5) is 0 Å². The number of hydrogen-bond acceptors (Lipinski definition) is 18. The second kappa shape index (κ2) is 31.0. The molecule has 25 nitrogen and oxygen atoms in total. The van der Waals surface area contributed by atoms with Crippen LogP contribution in [0.15, 0.2) is 97.1 Å². The fraction of sp³-hybridized carbons (Fsp3) is 0.508. The Bertz CT molecular complexity index is 3010. The lowest BCUT2D eigenvalue weighted by Gasteiger charge is -2.34. The van der Waals surface area contributed by atoms with Crippen molar-refractivity contribution in [2.45, 2.75) is 152 Å². The van der Waals surface area contributed by atoms with Crippen molar-refractivity contribution in [3.05, 3.63) is 108 Å². The highest BCUT2D eigenvalue weighted by Crippen LogP contribution is 2.30. The molecule has 4 aromatic carbocycles. The van der Waals surface area contributed by atoms with Gasteiger partial charge in [0.25, 0.3) is 5.91 Å². The molecule has 3 aliphatic heterocycles. The summed E-state index contributed by atoms with van der Waals surface area (Å²) in [7, 11) is 1.77. The minimum absolute atomic E-state index is 0.0466. The number of phenolic OH excluding ortho intramolecular Hbond substituents is 1. The molecule has 0 saturated carbocycles. The lowest BCUT2D eigenvalue weighted by molar-refractivity contribution is -0.149. The third-order valence-corrected chi connectivity index (χ3v) is 16.3. The number of nitrogens with one attached hydrogen (secondary N) is 5. The van der Waals surface area contributed by atoms with Gasteiger partial charge in [0.2, 0.25) is 35.4 Å². The van der Waals surface area contributed by atoms with Gasteiger partial charge in [-0.2, -0.15) is 0 Å². The molecule has 3 fully saturated rings. The van der Waals surface area contributed by atoms with E-state index in [0.717, 1.165) is 70.9 Å². The molecule has 0 unspecified atom stereocenters. The monoisotopic (exact) mass is 1220 g/mol. The van der Waals surface area contributed by atoms with Gasteiger partial charge in [0.1, 0.15) is 66.1 Å². The number of nitrogens with zero attached hydrogens (tertiary/aromatic N) is 3. The molecule has 3 heterocycles. The molecular weight excluding hydrogens is 1140 g/mol. The molecule has 7 rings (SSSR count). The SMILES string of the molecule is CCCCCOc1ccc(-c2ccc(-c3ccc(C(=O)N[C@H]4C[C@@H](O)[C@@H](OCCN(C)CC)NC(=O)[C@@H]5[C@@H](O)[C@@H](C)CN5C(=O)[C@H]([C@H](C)O)NC(=O)[C@H]([C@H](O)[C@@H](O)c5ccc(O)cc5)NC(=O)[C@@H]5C[C@@H](O)CN5C(=O)[C@H]([C@H](C)O)NC4=O)cc3)cc2)cc1. The Morgan fingerprint density at radius 1 is 0.659 bits per heavy atom. The molecule has 25 heteroatoms. The van der Waals surface area contributed by atoms with Crippen LogP contribution in [0.25, 0.3) is 22.3 Å². The molecule has 3 aliphatic rings. The van der Waals surface area contributed by atoms with Crippen LogP contribution in [-0.2, 0) is 33.5 Å². The van der Waals surface area contributed by atoms with Crippen LogP contribution in [0.5, 0.6) is 11.5 Å². The number of aromatic hydroxyl groups is 1. The first-order chi connectivity index (χ1) is 41.9. The molecule has 13 N–H and O–H groups in total. The number of rotatable bonds is 19. The number of carbonyl (C=O) groups is 7. The second-order valence-corrected chi connectivity index (χ2v) is 23.0. The van der Waals surface area contributed by atoms with E-state index in [-0.39, 0.29) is 36.6 Å². The summed E-state index contributed by atoms with van der Waals surface area (Å²) in [6, 6.07) is 15.3. The van der Waals surface area contributed by atoms with E-state index in [0.29, 0.717) is 13.2 Å². The van der Waals surface area contributed by atoms with Crippen molar-refractivity contribution in [1.82, 2.24) is 41.3 Å². The van der Waals surface area contributed by atoms with Gasteiger partial charge in [-0.25, -0.2) is 0 Å². The highest BCUT2D eigenvalue weighted by molar-refractivity contribution is 6.00. The average molecular weight is 1230 g/mol. The van der Waals surface area contributed by atoms with Gasteiger partial charge < -0.3 is 91.6 Å². The predicted molar refractivity (Wildman–Crippen MR) is 320 cm³/mol. The molecule has 0 aliphatic carbocycles. The summed E-state index contributed by atoms with van der Waals surface area (Å²) in [4.78, 5) is 106. The van der Waals surface area contributed by atoms with Gasteiger partial charge >= 0.3 is 0 Å². The van der Waals surface area contributed by atoms with E-state index in [9.17, 15) is 74.4 Å². The van der Waals surface area contributed by atoms with E-state index < -0.39 is 152 Å². The minimum atomic E-state index is -2.29. The van der Waals surface area contributed by atoms with Crippen LogP contribution < -0.4 is 31.3 Å². The molecule has 0 aromatic heterocycles. The van der Waals surface area contributed by atoms with Gasteiger partial charge in [-0.15, -0.1) is 0 Å². The summed E-state index contributed by atoms with van der Waals surface area (Å²) < 4.78 is 11.9. The van der Waals surface area contributed by atoms with E-state index in [1.54, 1.807) is 19.2 Å². The third kappa shape index (κ3) is 17.0. The molecule has 15 atom stereocenters. The number of carbonyl (C=O) groups excluding carboxylic acids is 7. The standard InChI is InChI=1S/C63H84N8O17/c1-7-9-10-28-87-45-25-21-40(22-26-45)38-13-11-37(12-14-38)39-15-17-42(18-16-39)56(80)64-46-31-48(76)61(88-29-27-69(6)8-2)68-60(84)52-53(77)34(3)32-71(52)63(86)50(36(5)73)66-59(83)51(55(79)54(78)41-19-23-43(74)24-20-41)67-58(82)47-30-44(75)33-70(47)62(85)49(35(4)72)65-57(46)81/h11-26,34-36,44,46-55,61,72-79H,7-10,27-33H2,1-6H3,(H,64,80)(H,65,81)(H,66,83)(H,67,82)(H,68,84)/t34-,35-,36-,44+,46-,47-,48+,49-,50-,51-,52-,53-,54-,55-,61+/m0/s1. The van der Waals surface area contributed by atoms with Gasteiger partial charge in [0, 0.05) is 44.0 Å². The molecule has 3 saturated heterocycles. The van der Waals surface area contributed by atoms with Crippen LogP contribution in [0.2, 0.25) is 0 Å². The third-order valence-electron chi connectivity index (χ3n) is 16.3. The summed E-state index contributed by atoms with van der Waals surface area (Å²) in [5.41, 5.74) is 3.48. The second-order valence-electron chi connectivity index (χ2n) is 23.0. The first-order valence-corrected chi connectivity index (χ1v) is 29.8. The fourth-order valence-electron chi connectivity index (χ4n) is 10.9. The number of aliphatic hydroxyl groups excluding tert-OH is 7. The average Bonchev–Trinajstić information content (AvgIpc) is 3.31. The van der Waals surface area contributed by atoms with E-state index in [1.807, 2.05) is 60.4 Å². The molecule has 0 radical (unpaired) electrons. The topological polar surface area (TPSA) is 370 Å². The number of hydrogen-bond donors (Lipinski definition) is 13. The summed E-state index contributed by atoms with van der Waals surface area (Å²) in [5.74, 6) is -8.25. The molecule has 478 valence electrons. The Balaban J connectivity index is 1.23. The Hall–Kier alpha value is -7.59. The minimum Gasteiger partial charge on any atom is -0.508 e. The van der Waals surface area contributed by atoms with Crippen LogP contribution in [-0.4, -0.2) is 222 Å². The van der Waals surface area contributed by atoms with Crippen molar-refractivity contribution in [1.29, 1.82) is 0 Å². The van der Waals surface area contributed by atoms with Crippen molar-refractivity contribution >= 4 is 41.4 Å². The number of amides is 7. The number of likely N-dealkylation sites (N-methyl/N-ethyl adjacent to an activating group) is 1. The number of unbranched alkanes of at least 4 members (excludes halogenated alkanes) is 2. The number of phenols is 1. The number of benzene rings is 4. The maximum Gasteiger partial charge on any atom is 0.251 e. The lowest BCUT2D eigenvalue weighted by atomic mass is 9.96. The first kappa shape index (κ1) is 67.9. The summed E-state index contributed by atoms with van der Waals surface area (Å²) in [6.07, 6.45) is -12.6. The van der Waals surface area contributed by atoms with Gasteiger partial charge in [0.15, 0.2) is 6.23 Å². The Kier molecular flexibility index (Phi) is 24.0. The molecular formula is C63H84N8O17. The summed E-state index contributed by atoms with van der Waals surface area (Å²) in [6.45, 7) is 8.17. The maximum atomic E-state index is 14.8. The van der Waals surface area contributed by atoms with Crippen molar-refractivity contribution in [2.75, 3.05) is 46.4 Å². The zero-order valence-electron chi connectivity index (χ0n) is 50.3. The zero-order valence-corrected chi connectivity index (χ0v) is 50.3. The first-order valence-electron chi connectivity index (χ1n) is 29.8. The molecule has 7 amide bonds. The van der Waals surface area contributed by atoms with Crippen molar-refractivity contribution in [3.8, 4) is 33.8 Å². The molecule has 0 spiro atoms. The largest absolute Gasteiger partial charge is 0.508 e. The van der Waals surface area contributed by atoms with E-state index in [1.165, 1.54) is 43.3 Å². The van der Waals surface area contributed by atoms with Crippen LogP contribution >= 0.6 is 0 Å². The lowest BCUT2D eigenvalue weighted by Crippen LogP contribution is -2.64. The van der Waals surface area contributed by atoms with Gasteiger partial charge in [-0.3, -0.25) is 33.6 Å². The molecule has 4 aromatic rings. The van der Waals surface area contributed by atoms with Gasteiger partial charge in [0.05, 0.1) is 37.6 Å². The van der Waals surface area contributed by atoms with E-state index >= 15 is 0 Å². The fourth-order valence-corrected chi connectivity index (χ4v) is 10.9. The van der Waals surface area contributed by atoms with Crippen LogP contribution in [0.3, 0.4) is 0 Å². The summed E-state index contributed by atoms with van der Waals surface area (Å²) >= 11 is 0. The zero-order chi connectivity index (χ0) is 64.1. The van der Waals surface area contributed by atoms with Crippen molar-refractivity contribution in [2.24, 2.45) is 5.92 Å². The Morgan fingerprint density at radius 3 is 1.77 bits per heavy atom. The number of fused-ring (bicyclic) bond motifs is 2. The summed E-state index contributed by atoms with van der Waals surface area (Å²) in [5, 5.41) is 103. The highest BCUT2D eigenvalue weighted by atomic mass is 16.5. The number of aliphatic hydroxyl groups is 7. The molecule has 0 bridgehead atoms. The highest BCUT2D eigenvalue weighted by Gasteiger charge is 2.50. The predicted octanol–water partition coefficient (Wildman–Crippen LogP) is 0.0489. The van der Waals surface area contributed by atoms with Crippen molar-refractivity contribution in [3.63, 3.8) is 0 Å². The maximum absolute atomic E-state index is 14.8. The smallest absolute Gasteiger partial charge is 0.251 e. The Labute approximate surface area is 511 Å². The molecule has 88 heavy (non-hydrogen) atoms. The quantitative estimate of drug-likeness (QED) is 0.0552. The number of ether oxygens (including phenoxy) is 2. The van der Waals surface area contributed by atoms with Crippen LogP contribution in [0.1, 0.15) is 88.7 Å². The normalized spacial score (nSPS) is 26.5. The van der Waals surface area contributed by atoms with Gasteiger partial charge in [-0.05, 0) is 98.1 Å². The van der Waals surface area contributed by atoms with E-state index in [2.05, 4.69) is 33.5 Å². The van der Waals surface area contributed by atoms with Crippen molar-refractivity contribution < 1.29 is 83.9 Å².